The van der Waals surface area contributed by atoms with Crippen LogP contribution < -0.4 is 0 Å². The highest BCUT2D eigenvalue weighted by molar-refractivity contribution is 7.90. The number of aromatic nitrogens is 2. The third-order valence-corrected chi connectivity index (χ3v) is 5.43. The smallest absolute Gasteiger partial charge is 0.184 e. The molecule has 1 aromatic heterocycles. The third-order valence-electron chi connectivity index (χ3n) is 3.79. The third kappa shape index (κ3) is 2.63. The molecule has 2 aromatic rings. The van der Waals surface area contributed by atoms with E-state index in [0.717, 1.165) is 19.3 Å². The van der Waals surface area contributed by atoms with Gasteiger partial charge in [0.15, 0.2) is 9.84 Å². The van der Waals surface area contributed by atoms with E-state index in [1.54, 1.807) is 30.1 Å². The van der Waals surface area contributed by atoms with Crippen LogP contribution in [0.3, 0.4) is 0 Å². The second-order valence-corrected chi connectivity index (χ2v) is 7.37. The number of benzene rings is 1. The van der Waals surface area contributed by atoms with E-state index in [9.17, 15) is 8.42 Å². The second kappa shape index (κ2) is 5.05. The molecule has 1 heterocycles. The molecule has 0 radical (unpaired) electrons. The zero-order chi connectivity index (χ0) is 14.2. The van der Waals surface area contributed by atoms with Gasteiger partial charge in [-0.15, -0.1) is 0 Å². The van der Waals surface area contributed by atoms with Crippen molar-refractivity contribution < 1.29 is 8.42 Å². The van der Waals surface area contributed by atoms with Gasteiger partial charge in [0, 0.05) is 13.2 Å². The van der Waals surface area contributed by atoms with Gasteiger partial charge in [-0.2, -0.15) is 5.10 Å². The first kappa shape index (κ1) is 13.4. The first-order valence-electron chi connectivity index (χ1n) is 6.88. The fourth-order valence-corrected chi connectivity index (χ4v) is 4.03. The van der Waals surface area contributed by atoms with E-state index in [4.69, 9.17) is 0 Å². The Balaban J connectivity index is 1.91. The van der Waals surface area contributed by atoms with Gasteiger partial charge in [-0.05, 0) is 55.0 Å². The molecule has 0 N–H and O–H groups in total. The van der Waals surface area contributed by atoms with Crippen molar-refractivity contribution in [2.24, 2.45) is 7.05 Å². The molecule has 0 bridgehead atoms. The summed E-state index contributed by atoms with van der Waals surface area (Å²) in [7, 11) is -1.52. The lowest BCUT2D eigenvalue weighted by Gasteiger charge is -2.16. The molecule has 20 heavy (non-hydrogen) atoms. The molecule has 0 aliphatic heterocycles. The quantitative estimate of drug-likeness (QED) is 0.871. The van der Waals surface area contributed by atoms with Crippen LogP contribution in [0, 0.1) is 0 Å². The molecule has 0 atom stereocenters. The summed E-state index contributed by atoms with van der Waals surface area (Å²) in [5, 5.41) is 4.15. The molecule has 106 valence electrons. The number of hydrogen-bond donors (Lipinski definition) is 0. The lowest BCUT2D eigenvalue weighted by atomic mass is 9.92. The summed E-state index contributed by atoms with van der Waals surface area (Å²) in [4.78, 5) is 0.420. The molecule has 1 aliphatic rings. The van der Waals surface area contributed by atoms with E-state index in [1.807, 2.05) is 12.1 Å². The SMILES string of the molecule is Cn1ccc(CS(=O)(=O)c2ccc3c(c2)CCCC3)n1. The van der Waals surface area contributed by atoms with Crippen molar-refractivity contribution in [3.63, 3.8) is 0 Å². The number of sulfone groups is 1. The van der Waals surface area contributed by atoms with Crippen molar-refractivity contribution in [2.75, 3.05) is 0 Å². The van der Waals surface area contributed by atoms with Gasteiger partial charge in [-0.1, -0.05) is 6.07 Å². The number of rotatable bonds is 3. The maximum absolute atomic E-state index is 12.4. The summed E-state index contributed by atoms with van der Waals surface area (Å²) in [5.74, 6) is -0.0351. The predicted octanol–water partition coefficient (Wildman–Crippen LogP) is 2.27. The number of nitrogens with zero attached hydrogens (tertiary/aromatic N) is 2. The van der Waals surface area contributed by atoms with Crippen LogP contribution in [0.1, 0.15) is 29.7 Å². The van der Waals surface area contributed by atoms with Crippen molar-refractivity contribution in [3.8, 4) is 0 Å². The van der Waals surface area contributed by atoms with Gasteiger partial charge in [-0.25, -0.2) is 8.42 Å². The minimum atomic E-state index is -3.31. The molecule has 0 amide bonds. The zero-order valence-electron chi connectivity index (χ0n) is 11.5. The Morgan fingerprint density at radius 1 is 1.15 bits per heavy atom. The van der Waals surface area contributed by atoms with Gasteiger partial charge < -0.3 is 0 Å². The predicted molar refractivity (Wildman–Crippen MR) is 77.2 cm³/mol. The molecule has 4 nitrogen and oxygen atoms in total. The van der Waals surface area contributed by atoms with E-state index >= 15 is 0 Å². The molecule has 0 unspecified atom stereocenters. The summed E-state index contributed by atoms with van der Waals surface area (Å²) >= 11 is 0. The van der Waals surface area contributed by atoms with Crippen LogP contribution in [0.4, 0.5) is 0 Å². The van der Waals surface area contributed by atoms with Crippen molar-refractivity contribution in [2.45, 2.75) is 36.3 Å². The van der Waals surface area contributed by atoms with Gasteiger partial charge in [0.05, 0.1) is 16.3 Å². The highest BCUT2D eigenvalue weighted by Crippen LogP contribution is 2.25. The minimum Gasteiger partial charge on any atom is -0.276 e. The van der Waals surface area contributed by atoms with Crippen molar-refractivity contribution in [1.29, 1.82) is 0 Å². The molecule has 5 heteroatoms. The summed E-state index contributed by atoms with van der Waals surface area (Å²) in [6.07, 6.45) is 6.17. The maximum Gasteiger partial charge on any atom is 0.184 e. The average Bonchev–Trinajstić information content (AvgIpc) is 2.83. The first-order chi connectivity index (χ1) is 9.54. The van der Waals surface area contributed by atoms with E-state index in [1.165, 1.54) is 17.5 Å². The highest BCUT2D eigenvalue weighted by atomic mass is 32.2. The number of aryl methyl sites for hydroxylation is 3. The lowest BCUT2D eigenvalue weighted by Crippen LogP contribution is -2.09. The number of fused-ring (bicyclic) bond motifs is 1. The Kier molecular flexibility index (Phi) is 3.38. The van der Waals surface area contributed by atoms with Gasteiger partial charge >= 0.3 is 0 Å². The lowest BCUT2D eigenvalue weighted by molar-refractivity contribution is 0.593. The van der Waals surface area contributed by atoms with Gasteiger partial charge in [0.2, 0.25) is 0 Å². The fourth-order valence-electron chi connectivity index (χ4n) is 2.72. The van der Waals surface area contributed by atoms with E-state index in [2.05, 4.69) is 5.10 Å². The molecule has 0 saturated carbocycles. The average molecular weight is 290 g/mol. The van der Waals surface area contributed by atoms with Gasteiger partial charge in [0.25, 0.3) is 0 Å². The summed E-state index contributed by atoms with van der Waals surface area (Å²) in [5.41, 5.74) is 3.08. The molecule has 3 rings (SSSR count). The standard InChI is InChI=1S/C15H18N2O2S/c1-17-9-8-14(16-17)11-20(18,19)15-7-6-12-4-2-3-5-13(12)10-15/h6-10H,2-5,11H2,1H3. The Morgan fingerprint density at radius 3 is 2.60 bits per heavy atom. The van der Waals surface area contributed by atoms with Crippen LogP contribution in [0.5, 0.6) is 0 Å². The zero-order valence-corrected chi connectivity index (χ0v) is 12.4. The summed E-state index contributed by atoms with van der Waals surface area (Å²) < 4.78 is 26.5. The van der Waals surface area contributed by atoms with Crippen molar-refractivity contribution in [1.82, 2.24) is 9.78 Å². The molecular weight excluding hydrogens is 272 g/mol. The number of hydrogen-bond acceptors (Lipinski definition) is 3. The molecule has 1 aliphatic carbocycles. The van der Waals surface area contributed by atoms with E-state index in [0.29, 0.717) is 10.6 Å². The first-order valence-corrected chi connectivity index (χ1v) is 8.53. The van der Waals surface area contributed by atoms with E-state index < -0.39 is 9.84 Å². The highest BCUT2D eigenvalue weighted by Gasteiger charge is 2.19. The molecule has 0 fully saturated rings. The molecular formula is C15H18N2O2S. The van der Waals surface area contributed by atoms with Crippen LogP contribution >= 0.6 is 0 Å². The largest absolute Gasteiger partial charge is 0.276 e. The second-order valence-electron chi connectivity index (χ2n) is 5.38. The Hall–Kier alpha value is -1.62. The van der Waals surface area contributed by atoms with Crippen molar-refractivity contribution >= 4 is 9.84 Å². The van der Waals surface area contributed by atoms with Gasteiger partial charge in [-0.3, -0.25) is 4.68 Å². The molecule has 1 aromatic carbocycles. The summed E-state index contributed by atoms with van der Waals surface area (Å²) in [6, 6.07) is 7.31. The summed E-state index contributed by atoms with van der Waals surface area (Å²) in [6.45, 7) is 0. The van der Waals surface area contributed by atoms with Crippen LogP contribution in [0.25, 0.3) is 0 Å². The van der Waals surface area contributed by atoms with E-state index in [-0.39, 0.29) is 5.75 Å². The van der Waals surface area contributed by atoms with Gasteiger partial charge in [0.1, 0.15) is 0 Å². The Bertz CT molecular complexity index is 732. The fraction of sp³-hybridized carbons (Fsp3) is 0.400. The molecule has 0 spiro atoms. The Morgan fingerprint density at radius 2 is 1.90 bits per heavy atom. The monoisotopic (exact) mass is 290 g/mol. The topological polar surface area (TPSA) is 52.0 Å². The van der Waals surface area contributed by atoms with Crippen LogP contribution in [-0.2, 0) is 35.5 Å². The normalized spacial score (nSPS) is 15.1. The van der Waals surface area contributed by atoms with Crippen LogP contribution in [0.15, 0.2) is 35.4 Å². The van der Waals surface area contributed by atoms with Crippen LogP contribution in [-0.4, -0.2) is 18.2 Å². The van der Waals surface area contributed by atoms with Crippen molar-refractivity contribution in [3.05, 3.63) is 47.3 Å². The molecule has 0 saturated heterocycles. The maximum atomic E-state index is 12.4. The minimum absolute atomic E-state index is 0.0351. The van der Waals surface area contributed by atoms with Crippen LogP contribution in [0.2, 0.25) is 0 Å². The Labute approximate surface area is 119 Å².